The number of phenols is 1. The van der Waals surface area contributed by atoms with Crippen LogP contribution < -0.4 is 5.32 Å². The first kappa shape index (κ1) is 16.2. The lowest BCUT2D eigenvalue weighted by atomic mass is 9.98. The van der Waals surface area contributed by atoms with Crippen molar-refractivity contribution in [2.75, 3.05) is 11.9 Å². The van der Waals surface area contributed by atoms with E-state index in [1.807, 2.05) is 37.3 Å². The van der Waals surface area contributed by atoms with E-state index in [0.29, 0.717) is 5.69 Å². The molecule has 0 spiro atoms. The number of rotatable bonds is 3. The molecule has 2 N–H and O–H groups in total. The Morgan fingerprint density at radius 3 is 2.19 bits per heavy atom. The van der Waals surface area contributed by atoms with Crippen molar-refractivity contribution in [2.24, 2.45) is 0 Å². The fourth-order valence-corrected chi connectivity index (χ4v) is 3.55. The number of carbonyl (C=O) groups is 1. The summed E-state index contributed by atoms with van der Waals surface area (Å²) in [5.41, 5.74) is 5.87. The van der Waals surface area contributed by atoms with Crippen LogP contribution in [0.5, 0.6) is 5.75 Å². The molecular weight excluding hydrogens is 326 g/mol. The van der Waals surface area contributed by atoms with Gasteiger partial charge in [-0.25, -0.2) is 4.79 Å². The summed E-state index contributed by atoms with van der Waals surface area (Å²) in [7, 11) is 0. The van der Waals surface area contributed by atoms with Gasteiger partial charge in [-0.2, -0.15) is 0 Å². The van der Waals surface area contributed by atoms with Crippen molar-refractivity contribution in [1.82, 2.24) is 0 Å². The molecule has 0 saturated heterocycles. The van der Waals surface area contributed by atoms with Gasteiger partial charge in [0.15, 0.2) is 0 Å². The number of amides is 1. The average Bonchev–Trinajstić information content (AvgIpc) is 2.97. The van der Waals surface area contributed by atoms with Crippen molar-refractivity contribution in [1.29, 1.82) is 0 Å². The Bertz CT molecular complexity index is 915. The minimum absolute atomic E-state index is 0.0126. The van der Waals surface area contributed by atoms with Crippen LogP contribution in [0.1, 0.15) is 22.6 Å². The molecule has 0 atom stereocenters. The van der Waals surface area contributed by atoms with Gasteiger partial charge >= 0.3 is 6.09 Å². The zero-order valence-electron chi connectivity index (χ0n) is 14.4. The molecule has 3 aromatic rings. The monoisotopic (exact) mass is 345 g/mol. The van der Waals surface area contributed by atoms with Crippen LogP contribution in [0.25, 0.3) is 11.1 Å². The first-order valence-corrected chi connectivity index (χ1v) is 8.55. The van der Waals surface area contributed by atoms with Gasteiger partial charge in [0.05, 0.1) is 5.69 Å². The number of anilines is 1. The molecule has 0 saturated carbocycles. The number of fused-ring (bicyclic) bond motifs is 3. The summed E-state index contributed by atoms with van der Waals surface area (Å²) in [6, 6.07) is 21.5. The van der Waals surface area contributed by atoms with E-state index in [0.717, 1.165) is 5.56 Å². The van der Waals surface area contributed by atoms with Crippen LogP contribution in [0.2, 0.25) is 0 Å². The van der Waals surface area contributed by atoms with Crippen molar-refractivity contribution in [3.05, 3.63) is 83.4 Å². The van der Waals surface area contributed by atoms with Gasteiger partial charge in [0.2, 0.25) is 0 Å². The largest absolute Gasteiger partial charge is 0.506 e. The molecule has 0 heterocycles. The number of aromatic hydroxyl groups is 1. The van der Waals surface area contributed by atoms with Gasteiger partial charge in [-0.15, -0.1) is 0 Å². The van der Waals surface area contributed by atoms with E-state index in [4.69, 9.17) is 4.74 Å². The first-order chi connectivity index (χ1) is 12.6. The van der Waals surface area contributed by atoms with E-state index in [9.17, 15) is 9.90 Å². The highest BCUT2D eigenvalue weighted by Crippen LogP contribution is 2.44. The number of phenolic OH excluding ortho intramolecular Hbond substituents is 1. The van der Waals surface area contributed by atoms with Gasteiger partial charge in [0.25, 0.3) is 0 Å². The molecule has 4 rings (SSSR count). The number of carbonyl (C=O) groups excluding carboxylic acids is 1. The van der Waals surface area contributed by atoms with Gasteiger partial charge in [-0.3, -0.25) is 5.32 Å². The third-order valence-electron chi connectivity index (χ3n) is 4.82. The van der Waals surface area contributed by atoms with Gasteiger partial charge in [0, 0.05) is 5.92 Å². The summed E-state index contributed by atoms with van der Waals surface area (Å²) in [4.78, 5) is 12.3. The summed E-state index contributed by atoms with van der Waals surface area (Å²) in [5, 5.41) is 12.5. The summed E-state index contributed by atoms with van der Waals surface area (Å²) >= 11 is 0. The SMILES string of the molecule is Cc1cccc(O)c1NC(=O)OCC1c2ccccc2-c2ccccc21. The fraction of sp³-hybridized carbons (Fsp3) is 0.136. The number of ether oxygens (including phenoxy) is 1. The van der Waals surface area contributed by atoms with Crippen molar-refractivity contribution >= 4 is 11.8 Å². The molecule has 3 aromatic carbocycles. The molecule has 4 heteroatoms. The fourth-order valence-electron chi connectivity index (χ4n) is 3.55. The maximum absolute atomic E-state index is 12.3. The van der Waals surface area contributed by atoms with E-state index in [2.05, 4.69) is 29.6 Å². The van der Waals surface area contributed by atoms with Crippen LogP contribution in [-0.2, 0) is 4.74 Å². The Labute approximate surface area is 152 Å². The molecule has 130 valence electrons. The summed E-state index contributed by atoms with van der Waals surface area (Å²) in [6.45, 7) is 2.06. The Kier molecular flexibility index (Phi) is 4.09. The highest BCUT2D eigenvalue weighted by Gasteiger charge is 2.29. The van der Waals surface area contributed by atoms with Crippen molar-refractivity contribution in [3.8, 4) is 16.9 Å². The lowest BCUT2D eigenvalue weighted by Gasteiger charge is -2.15. The lowest BCUT2D eigenvalue weighted by molar-refractivity contribution is 0.158. The van der Waals surface area contributed by atoms with Crippen molar-refractivity contribution in [2.45, 2.75) is 12.8 Å². The molecule has 1 aliphatic carbocycles. The smallest absolute Gasteiger partial charge is 0.411 e. The summed E-state index contributed by atoms with van der Waals surface area (Å²) in [5.74, 6) is 0.0390. The lowest BCUT2D eigenvalue weighted by Crippen LogP contribution is -2.18. The van der Waals surface area contributed by atoms with E-state index in [-0.39, 0.29) is 18.3 Å². The quantitative estimate of drug-likeness (QED) is 0.652. The van der Waals surface area contributed by atoms with Crippen LogP contribution >= 0.6 is 0 Å². The van der Waals surface area contributed by atoms with Crippen LogP contribution in [0.4, 0.5) is 10.5 Å². The Morgan fingerprint density at radius 1 is 0.962 bits per heavy atom. The Morgan fingerprint density at radius 2 is 1.58 bits per heavy atom. The second kappa shape index (κ2) is 6.56. The molecule has 1 aliphatic rings. The number of hydrogen-bond acceptors (Lipinski definition) is 3. The molecule has 0 fully saturated rings. The highest BCUT2D eigenvalue weighted by atomic mass is 16.5. The predicted octanol–water partition coefficient (Wildman–Crippen LogP) is 5.06. The van der Waals surface area contributed by atoms with Crippen LogP contribution in [0.15, 0.2) is 66.7 Å². The van der Waals surface area contributed by atoms with Crippen LogP contribution in [-0.4, -0.2) is 17.8 Å². The Hall–Kier alpha value is -3.27. The summed E-state index contributed by atoms with van der Waals surface area (Å²) in [6.07, 6.45) is -0.573. The second-order valence-corrected chi connectivity index (χ2v) is 6.42. The molecule has 0 radical (unpaired) electrons. The van der Waals surface area contributed by atoms with E-state index < -0.39 is 6.09 Å². The van der Waals surface area contributed by atoms with Gasteiger partial charge in [-0.05, 0) is 40.8 Å². The molecule has 0 bridgehead atoms. The van der Waals surface area contributed by atoms with Crippen molar-refractivity contribution < 1.29 is 14.6 Å². The first-order valence-electron chi connectivity index (χ1n) is 8.55. The minimum Gasteiger partial charge on any atom is -0.506 e. The molecule has 26 heavy (non-hydrogen) atoms. The van der Waals surface area contributed by atoms with E-state index in [1.54, 1.807) is 6.07 Å². The zero-order valence-corrected chi connectivity index (χ0v) is 14.4. The maximum Gasteiger partial charge on any atom is 0.411 e. The third-order valence-corrected chi connectivity index (χ3v) is 4.82. The van der Waals surface area contributed by atoms with Crippen molar-refractivity contribution in [3.63, 3.8) is 0 Å². The van der Waals surface area contributed by atoms with Crippen LogP contribution in [0.3, 0.4) is 0 Å². The molecule has 0 aromatic heterocycles. The predicted molar refractivity (Wildman–Crippen MR) is 102 cm³/mol. The second-order valence-electron chi connectivity index (χ2n) is 6.42. The van der Waals surface area contributed by atoms with Gasteiger partial charge < -0.3 is 9.84 Å². The number of aryl methyl sites for hydroxylation is 1. The molecule has 0 aliphatic heterocycles. The molecular formula is C22H19NO3. The number of benzene rings is 3. The number of nitrogens with one attached hydrogen (secondary N) is 1. The molecule has 1 amide bonds. The van der Waals surface area contributed by atoms with E-state index in [1.165, 1.54) is 28.3 Å². The topological polar surface area (TPSA) is 58.6 Å². The molecule has 4 nitrogen and oxygen atoms in total. The minimum atomic E-state index is -0.573. The third kappa shape index (κ3) is 2.80. The van der Waals surface area contributed by atoms with Crippen LogP contribution in [0, 0.1) is 6.92 Å². The summed E-state index contributed by atoms with van der Waals surface area (Å²) < 4.78 is 5.49. The normalized spacial score (nSPS) is 12.3. The average molecular weight is 345 g/mol. The zero-order chi connectivity index (χ0) is 18.1. The van der Waals surface area contributed by atoms with Gasteiger partial charge in [-0.1, -0.05) is 60.7 Å². The number of hydrogen-bond donors (Lipinski definition) is 2. The number of para-hydroxylation sites is 1. The standard InChI is InChI=1S/C22H19NO3/c1-14-7-6-12-20(24)21(14)23-22(25)26-13-19-17-10-4-2-8-15(17)16-9-3-5-11-18(16)19/h2-12,19,24H,13H2,1H3,(H,23,25). The maximum atomic E-state index is 12.3. The highest BCUT2D eigenvalue weighted by molar-refractivity contribution is 5.88. The van der Waals surface area contributed by atoms with Gasteiger partial charge in [0.1, 0.15) is 12.4 Å². The molecule has 0 unspecified atom stereocenters. The Balaban J connectivity index is 1.52. The van der Waals surface area contributed by atoms with E-state index >= 15 is 0 Å².